The van der Waals surface area contributed by atoms with Gasteiger partial charge in [-0.05, 0) is 48.9 Å². The van der Waals surface area contributed by atoms with Crippen LogP contribution in [-0.4, -0.2) is 31.2 Å². The molecule has 2 aromatic rings. The lowest BCUT2D eigenvalue weighted by Crippen LogP contribution is -2.35. The molecule has 2 amide bonds. The van der Waals surface area contributed by atoms with E-state index in [-0.39, 0.29) is 6.54 Å². The van der Waals surface area contributed by atoms with Gasteiger partial charge in [0.1, 0.15) is 5.75 Å². The van der Waals surface area contributed by atoms with Crippen LogP contribution in [0.25, 0.3) is 0 Å². The Morgan fingerprint density at radius 2 is 1.88 bits per heavy atom. The minimum Gasteiger partial charge on any atom is -0.494 e. The summed E-state index contributed by atoms with van der Waals surface area (Å²) in [6.45, 7) is 2.31. The molecule has 0 bridgehead atoms. The summed E-state index contributed by atoms with van der Waals surface area (Å²) in [6.07, 6.45) is 1.50. The summed E-state index contributed by atoms with van der Waals surface area (Å²) >= 11 is 5.92. The summed E-state index contributed by atoms with van der Waals surface area (Å²) in [5.74, 6) is -0.0928. The maximum atomic E-state index is 11.9. The molecular formula is C18H18ClN3O3. The quantitative estimate of drug-likeness (QED) is 0.589. The fourth-order valence-corrected chi connectivity index (χ4v) is 2.16. The third-order valence-corrected chi connectivity index (χ3v) is 3.45. The molecule has 25 heavy (non-hydrogen) atoms. The number of nitrogens with one attached hydrogen (secondary N) is 2. The highest BCUT2D eigenvalue weighted by molar-refractivity contribution is 6.33. The minimum absolute atomic E-state index is 0.204. The molecule has 6 nitrogen and oxygen atoms in total. The third kappa shape index (κ3) is 5.93. The first kappa shape index (κ1) is 18.5. The third-order valence-electron chi connectivity index (χ3n) is 3.12. The van der Waals surface area contributed by atoms with Crippen LogP contribution >= 0.6 is 11.6 Å². The van der Waals surface area contributed by atoms with Crippen LogP contribution in [0.3, 0.4) is 0 Å². The highest BCUT2D eigenvalue weighted by Crippen LogP contribution is 2.14. The molecule has 0 radical (unpaired) electrons. The van der Waals surface area contributed by atoms with E-state index < -0.39 is 11.8 Å². The maximum Gasteiger partial charge on any atom is 0.259 e. The van der Waals surface area contributed by atoms with Crippen molar-refractivity contribution in [1.29, 1.82) is 0 Å². The Morgan fingerprint density at radius 1 is 1.16 bits per heavy atom. The molecular weight excluding hydrogens is 342 g/mol. The molecule has 2 rings (SSSR count). The van der Waals surface area contributed by atoms with E-state index in [0.717, 1.165) is 11.3 Å². The number of halogens is 1. The van der Waals surface area contributed by atoms with Crippen LogP contribution in [0.5, 0.6) is 5.75 Å². The number of ether oxygens (including phenoxy) is 1. The molecule has 0 aliphatic carbocycles. The summed E-state index contributed by atoms with van der Waals surface area (Å²) in [5, 5.41) is 6.65. The van der Waals surface area contributed by atoms with Gasteiger partial charge < -0.3 is 10.1 Å². The molecule has 0 saturated heterocycles. The van der Waals surface area contributed by atoms with Crippen molar-refractivity contribution in [3.05, 3.63) is 64.7 Å². The average molecular weight is 360 g/mol. The molecule has 0 aliphatic rings. The fourth-order valence-electron chi connectivity index (χ4n) is 1.94. The first-order chi connectivity index (χ1) is 12.1. The molecule has 0 unspecified atom stereocenters. The summed E-state index contributed by atoms with van der Waals surface area (Å²) in [7, 11) is 0. The second-order valence-electron chi connectivity index (χ2n) is 4.96. The van der Waals surface area contributed by atoms with Crippen molar-refractivity contribution in [1.82, 2.24) is 10.7 Å². The van der Waals surface area contributed by atoms with Gasteiger partial charge in [0, 0.05) is 0 Å². The van der Waals surface area contributed by atoms with Gasteiger partial charge in [0.2, 0.25) is 0 Å². The second kappa shape index (κ2) is 9.44. The zero-order chi connectivity index (χ0) is 18.1. The number of benzene rings is 2. The van der Waals surface area contributed by atoms with E-state index in [0.29, 0.717) is 17.2 Å². The minimum atomic E-state index is -0.442. The Morgan fingerprint density at radius 3 is 2.56 bits per heavy atom. The van der Waals surface area contributed by atoms with Gasteiger partial charge in [-0.25, -0.2) is 5.43 Å². The molecule has 0 spiro atoms. The first-order valence-electron chi connectivity index (χ1n) is 7.67. The normalized spacial score (nSPS) is 10.5. The Bertz CT molecular complexity index is 760. The predicted octanol–water partition coefficient (Wildman–Crippen LogP) is 2.62. The Labute approximate surface area is 150 Å². The lowest BCUT2D eigenvalue weighted by atomic mass is 10.2. The molecule has 0 fully saturated rings. The zero-order valence-electron chi connectivity index (χ0n) is 13.7. The lowest BCUT2D eigenvalue weighted by Gasteiger charge is -2.05. The molecule has 2 aromatic carbocycles. The van der Waals surface area contributed by atoms with Crippen LogP contribution in [-0.2, 0) is 4.79 Å². The number of carbonyl (C=O) groups is 2. The van der Waals surface area contributed by atoms with Gasteiger partial charge in [-0.2, -0.15) is 5.10 Å². The maximum absolute atomic E-state index is 11.9. The molecule has 0 aliphatic heterocycles. The van der Waals surface area contributed by atoms with Crippen molar-refractivity contribution in [3.63, 3.8) is 0 Å². The monoisotopic (exact) mass is 359 g/mol. The lowest BCUT2D eigenvalue weighted by molar-refractivity contribution is -0.120. The first-order valence-corrected chi connectivity index (χ1v) is 8.05. The number of hydrogen-bond donors (Lipinski definition) is 2. The van der Waals surface area contributed by atoms with E-state index in [1.165, 1.54) is 6.21 Å². The zero-order valence-corrected chi connectivity index (χ0v) is 14.4. The van der Waals surface area contributed by atoms with Crippen LogP contribution in [0.2, 0.25) is 5.02 Å². The van der Waals surface area contributed by atoms with Gasteiger partial charge in [0.15, 0.2) is 0 Å². The van der Waals surface area contributed by atoms with E-state index in [1.54, 1.807) is 24.3 Å². The number of nitrogens with zero attached hydrogens (tertiary/aromatic N) is 1. The smallest absolute Gasteiger partial charge is 0.259 e. The standard InChI is InChI=1S/C18H18ClN3O3/c1-2-25-14-9-7-13(8-10-14)11-21-22-17(23)12-20-18(24)15-5-3-4-6-16(15)19/h3-11H,2,12H2,1H3,(H,20,24)(H,22,23)/b21-11-. The highest BCUT2D eigenvalue weighted by atomic mass is 35.5. The molecule has 2 N–H and O–H groups in total. The largest absolute Gasteiger partial charge is 0.494 e. The number of hydrogen-bond acceptors (Lipinski definition) is 4. The second-order valence-corrected chi connectivity index (χ2v) is 5.36. The van der Waals surface area contributed by atoms with Crippen LogP contribution in [0.1, 0.15) is 22.8 Å². The molecule has 0 saturated carbocycles. The van der Waals surface area contributed by atoms with Crippen LogP contribution < -0.4 is 15.5 Å². The van der Waals surface area contributed by atoms with E-state index in [4.69, 9.17) is 16.3 Å². The molecule has 0 aromatic heterocycles. The van der Waals surface area contributed by atoms with Gasteiger partial charge in [0.25, 0.3) is 11.8 Å². The van der Waals surface area contributed by atoms with Gasteiger partial charge in [-0.1, -0.05) is 23.7 Å². The predicted molar refractivity (Wildman–Crippen MR) is 97.1 cm³/mol. The van der Waals surface area contributed by atoms with Crippen LogP contribution in [0, 0.1) is 0 Å². The van der Waals surface area contributed by atoms with Crippen LogP contribution in [0.15, 0.2) is 53.6 Å². The van der Waals surface area contributed by atoms with Crippen molar-refractivity contribution in [2.24, 2.45) is 5.10 Å². The summed E-state index contributed by atoms with van der Waals surface area (Å²) in [5.41, 5.74) is 3.47. The number of rotatable bonds is 7. The Balaban J connectivity index is 1.78. The topological polar surface area (TPSA) is 79.8 Å². The number of hydrazone groups is 1. The van der Waals surface area contributed by atoms with Crippen molar-refractivity contribution < 1.29 is 14.3 Å². The Kier molecular flexibility index (Phi) is 6.98. The number of amides is 2. The molecule has 0 heterocycles. The fraction of sp³-hybridized carbons (Fsp3) is 0.167. The van der Waals surface area contributed by atoms with Crippen molar-refractivity contribution in [2.75, 3.05) is 13.2 Å². The summed E-state index contributed by atoms with van der Waals surface area (Å²) in [4.78, 5) is 23.6. The SMILES string of the molecule is CCOc1ccc(/C=N\NC(=O)CNC(=O)c2ccccc2Cl)cc1. The molecule has 130 valence electrons. The van der Waals surface area contributed by atoms with Crippen molar-refractivity contribution in [2.45, 2.75) is 6.92 Å². The molecule has 7 heteroatoms. The number of carbonyl (C=O) groups excluding carboxylic acids is 2. The average Bonchev–Trinajstić information content (AvgIpc) is 2.62. The van der Waals surface area contributed by atoms with E-state index >= 15 is 0 Å². The van der Waals surface area contributed by atoms with Gasteiger partial charge in [-0.15, -0.1) is 0 Å². The van der Waals surface area contributed by atoms with Crippen molar-refractivity contribution >= 4 is 29.6 Å². The Hall–Kier alpha value is -2.86. The van der Waals surface area contributed by atoms with E-state index in [2.05, 4.69) is 15.8 Å². The van der Waals surface area contributed by atoms with E-state index in [9.17, 15) is 9.59 Å². The van der Waals surface area contributed by atoms with Gasteiger partial charge in [0.05, 0.1) is 30.0 Å². The van der Waals surface area contributed by atoms with Gasteiger partial charge in [-0.3, -0.25) is 9.59 Å². The molecule has 0 atom stereocenters. The summed E-state index contributed by atoms with van der Waals surface area (Å²) in [6, 6.07) is 13.9. The van der Waals surface area contributed by atoms with Gasteiger partial charge >= 0.3 is 0 Å². The van der Waals surface area contributed by atoms with E-state index in [1.807, 2.05) is 31.2 Å². The summed E-state index contributed by atoms with van der Waals surface area (Å²) < 4.78 is 5.34. The highest BCUT2D eigenvalue weighted by Gasteiger charge is 2.10. The van der Waals surface area contributed by atoms with Crippen LogP contribution in [0.4, 0.5) is 0 Å². The van der Waals surface area contributed by atoms with Crippen molar-refractivity contribution in [3.8, 4) is 5.75 Å².